The van der Waals surface area contributed by atoms with E-state index in [0.29, 0.717) is 12.0 Å². The van der Waals surface area contributed by atoms with Crippen LogP contribution >= 0.6 is 0 Å². The van der Waals surface area contributed by atoms with Crippen LogP contribution in [0.4, 0.5) is 5.82 Å². The average Bonchev–Trinajstić information content (AvgIpc) is 3.51. The van der Waals surface area contributed by atoms with Crippen LogP contribution < -0.4 is 4.90 Å². The molecule has 3 aliphatic rings. The summed E-state index contributed by atoms with van der Waals surface area (Å²) in [5, 5.41) is 4.40. The lowest BCUT2D eigenvalue weighted by atomic mass is 9.78. The molecule has 0 saturated carbocycles. The van der Waals surface area contributed by atoms with E-state index in [0.717, 1.165) is 91.8 Å². The number of nitrogens with one attached hydrogen (secondary N) is 1. The van der Waals surface area contributed by atoms with E-state index >= 15 is 0 Å². The van der Waals surface area contributed by atoms with Crippen molar-refractivity contribution in [2.75, 3.05) is 63.9 Å². The number of piperazine rings is 1. The highest BCUT2D eigenvalue weighted by Gasteiger charge is 2.49. The number of ether oxygens (including phenoxy) is 1. The van der Waals surface area contributed by atoms with Crippen LogP contribution in [-0.2, 0) is 9.53 Å². The molecule has 39 heavy (non-hydrogen) atoms. The molecule has 1 N–H and O–H groups in total. The van der Waals surface area contributed by atoms with Gasteiger partial charge in [0.1, 0.15) is 12.1 Å². The first-order valence-electron chi connectivity index (χ1n) is 14.0. The number of carbonyl (C=O) groups is 1. The molecule has 0 radical (unpaired) electrons. The topological polar surface area (TPSA) is 94.9 Å². The first kappa shape index (κ1) is 24.5. The van der Waals surface area contributed by atoms with Crippen LogP contribution in [0.25, 0.3) is 27.9 Å². The lowest BCUT2D eigenvalue weighted by Gasteiger charge is -2.55. The van der Waals surface area contributed by atoms with Gasteiger partial charge in [0.15, 0.2) is 5.65 Å². The van der Waals surface area contributed by atoms with E-state index in [2.05, 4.69) is 70.9 Å². The Bertz CT molecular complexity index is 1570. The molecule has 7 heterocycles. The second kappa shape index (κ2) is 9.02. The number of aromatic nitrogens is 5. The molecule has 10 heteroatoms. The van der Waals surface area contributed by atoms with E-state index < -0.39 is 0 Å². The summed E-state index contributed by atoms with van der Waals surface area (Å²) in [6, 6.07) is 4.24. The van der Waals surface area contributed by atoms with Crippen LogP contribution in [0.2, 0.25) is 0 Å². The normalized spacial score (nSPS) is 19.3. The van der Waals surface area contributed by atoms with Gasteiger partial charge in [-0.1, -0.05) is 13.8 Å². The molecule has 3 aliphatic heterocycles. The number of anilines is 1. The maximum absolute atomic E-state index is 12.9. The summed E-state index contributed by atoms with van der Waals surface area (Å²) < 4.78 is 7.21. The van der Waals surface area contributed by atoms with Gasteiger partial charge in [-0.25, -0.2) is 14.5 Å². The molecule has 0 aromatic carbocycles. The predicted molar refractivity (Wildman–Crippen MR) is 150 cm³/mol. The Morgan fingerprint density at radius 2 is 1.87 bits per heavy atom. The van der Waals surface area contributed by atoms with Crippen molar-refractivity contribution < 1.29 is 9.53 Å². The van der Waals surface area contributed by atoms with Crippen LogP contribution in [0, 0.1) is 19.3 Å². The number of hydrogen-bond donors (Lipinski definition) is 1. The molecule has 0 unspecified atom stereocenters. The highest BCUT2D eigenvalue weighted by molar-refractivity contribution is 5.90. The van der Waals surface area contributed by atoms with Crippen LogP contribution in [0.1, 0.15) is 36.5 Å². The van der Waals surface area contributed by atoms with Gasteiger partial charge in [-0.05, 0) is 43.0 Å². The summed E-state index contributed by atoms with van der Waals surface area (Å²) in [6.45, 7) is 15.9. The maximum atomic E-state index is 12.9. The molecule has 4 aromatic rings. The number of likely N-dealkylation sites (tertiary alicyclic amines) is 1. The van der Waals surface area contributed by atoms with Gasteiger partial charge in [-0.2, -0.15) is 5.10 Å². The van der Waals surface area contributed by atoms with Crippen LogP contribution in [-0.4, -0.2) is 99.3 Å². The average molecular weight is 529 g/mol. The van der Waals surface area contributed by atoms with E-state index in [9.17, 15) is 4.79 Å². The zero-order chi connectivity index (χ0) is 26.9. The van der Waals surface area contributed by atoms with E-state index in [1.807, 2.05) is 9.42 Å². The lowest BCUT2D eigenvalue weighted by Crippen LogP contribution is -2.67. The highest BCUT2D eigenvalue weighted by atomic mass is 16.5. The molecular formula is C29H36N8O2. The second-order valence-electron chi connectivity index (χ2n) is 12.0. The van der Waals surface area contributed by atoms with Crippen LogP contribution in [0.5, 0.6) is 0 Å². The SMILES string of the molecule is Cc1c(-c2[nH]c3ccc(N4CCN(C(=O)CN5CC6(COC6)C5)CC4)nc3c2C(C)C)cn2ncnc2c1C. The number of fused-ring (bicyclic) bond motifs is 2. The monoisotopic (exact) mass is 528 g/mol. The van der Waals surface area contributed by atoms with Gasteiger partial charge in [-0.3, -0.25) is 9.69 Å². The van der Waals surface area contributed by atoms with Crippen molar-refractivity contribution >= 4 is 28.4 Å². The van der Waals surface area contributed by atoms with Gasteiger partial charge in [0.05, 0.1) is 36.5 Å². The van der Waals surface area contributed by atoms with E-state index in [1.54, 1.807) is 6.33 Å². The number of H-pyrrole nitrogens is 1. The molecular weight excluding hydrogens is 492 g/mol. The van der Waals surface area contributed by atoms with E-state index in [-0.39, 0.29) is 11.8 Å². The number of aromatic amines is 1. The molecule has 0 atom stereocenters. The number of carbonyl (C=O) groups excluding carboxylic acids is 1. The first-order chi connectivity index (χ1) is 18.8. The Morgan fingerprint density at radius 1 is 1.10 bits per heavy atom. The van der Waals surface area contributed by atoms with Crippen molar-refractivity contribution in [3.63, 3.8) is 0 Å². The zero-order valence-electron chi connectivity index (χ0n) is 23.2. The number of hydrogen-bond acceptors (Lipinski definition) is 7. The van der Waals surface area contributed by atoms with Gasteiger partial charge >= 0.3 is 0 Å². The van der Waals surface area contributed by atoms with E-state index in [1.165, 1.54) is 11.1 Å². The quantitative estimate of drug-likeness (QED) is 0.426. The Hall–Kier alpha value is -3.50. The second-order valence-corrected chi connectivity index (χ2v) is 12.0. The Morgan fingerprint density at radius 3 is 2.56 bits per heavy atom. The molecule has 10 nitrogen and oxygen atoms in total. The molecule has 4 aromatic heterocycles. The number of nitrogens with zero attached hydrogens (tertiary/aromatic N) is 7. The number of aryl methyl sites for hydroxylation is 1. The largest absolute Gasteiger partial charge is 0.380 e. The fourth-order valence-electron chi connectivity index (χ4n) is 6.54. The van der Waals surface area contributed by atoms with Gasteiger partial charge in [-0.15, -0.1) is 0 Å². The van der Waals surface area contributed by atoms with Crippen molar-refractivity contribution in [3.8, 4) is 11.3 Å². The minimum absolute atomic E-state index is 0.237. The Balaban J connectivity index is 1.11. The first-order valence-corrected chi connectivity index (χ1v) is 14.0. The van der Waals surface area contributed by atoms with E-state index in [4.69, 9.17) is 9.72 Å². The minimum atomic E-state index is 0.237. The molecule has 3 fully saturated rings. The van der Waals surface area contributed by atoms with Crippen molar-refractivity contribution in [2.45, 2.75) is 33.6 Å². The lowest BCUT2D eigenvalue weighted by molar-refractivity contribution is -0.191. The molecule has 3 saturated heterocycles. The summed E-state index contributed by atoms with van der Waals surface area (Å²) in [5.41, 5.74) is 9.04. The summed E-state index contributed by atoms with van der Waals surface area (Å²) in [5.74, 6) is 1.49. The third-order valence-electron chi connectivity index (χ3n) is 8.89. The summed E-state index contributed by atoms with van der Waals surface area (Å²) in [6.07, 6.45) is 3.67. The van der Waals surface area contributed by atoms with Gasteiger partial charge < -0.3 is 19.5 Å². The fourth-order valence-corrected chi connectivity index (χ4v) is 6.54. The highest BCUT2D eigenvalue weighted by Crippen LogP contribution is 2.39. The smallest absolute Gasteiger partial charge is 0.236 e. The molecule has 1 spiro atoms. The van der Waals surface area contributed by atoms with Gasteiger partial charge in [0, 0.05) is 62.0 Å². The third-order valence-corrected chi connectivity index (χ3v) is 8.89. The van der Waals surface area contributed by atoms with Crippen molar-refractivity contribution in [1.82, 2.24) is 34.4 Å². The van der Waals surface area contributed by atoms with Crippen LogP contribution in [0.3, 0.4) is 0 Å². The minimum Gasteiger partial charge on any atom is -0.380 e. The van der Waals surface area contributed by atoms with Crippen molar-refractivity contribution in [3.05, 3.63) is 41.3 Å². The zero-order valence-corrected chi connectivity index (χ0v) is 23.2. The molecule has 1 amide bonds. The summed E-state index contributed by atoms with van der Waals surface area (Å²) in [4.78, 5) is 32.8. The summed E-state index contributed by atoms with van der Waals surface area (Å²) in [7, 11) is 0. The standard InChI is InChI=1S/C29H36N8O2/c1-18(2)25-26(21-11-37-28(30-17-31-37)20(4)19(21)3)32-22-5-6-23(33-27(22)25)35-7-9-36(10-8-35)24(38)12-34-13-29(14-34)15-39-16-29/h5-6,11,17-18,32H,7-10,12-16H2,1-4H3. The predicted octanol–water partition coefficient (Wildman–Crippen LogP) is 2.99. The van der Waals surface area contributed by atoms with Crippen molar-refractivity contribution in [2.24, 2.45) is 5.41 Å². The molecule has 204 valence electrons. The van der Waals surface area contributed by atoms with Crippen molar-refractivity contribution in [1.29, 1.82) is 0 Å². The maximum Gasteiger partial charge on any atom is 0.236 e. The fraction of sp³-hybridized carbons (Fsp3) is 0.517. The number of amides is 1. The Kier molecular flexibility index (Phi) is 5.68. The molecule has 0 aliphatic carbocycles. The van der Waals surface area contributed by atoms with Gasteiger partial charge in [0.25, 0.3) is 0 Å². The van der Waals surface area contributed by atoms with Gasteiger partial charge in [0.2, 0.25) is 5.91 Å². The number of rotatable bonds is 5. The van der Waals surface area contributed by atoms with Crippen LogP contribution in [0.15, 0.2) is 24.7 Å². The third kappa shape index (κ3) is 4.00. The molecule has 7 rings (SSSR count). The summed E-state index contributed by atoms with van der Waals surface area (Å²) >= 11 is 0. The number of pyridine rings is 2. The molecule has 0 bridgehead atoms. The Labute approximate surface area is 228 Å².